The molecule has 0 radical (unpaired) electrons. The highest BCUT2D eigenvalue weighted by Crippen LogP contribution is 2.20. The van der Waals surface area contributed by atoms with Gasteiger partial charge in [0.25, 0.3) is 0 Å². The molecule has 2 aliphatic heterocycles. The van der Waals surface area contributed by atoms with Crippen LogP contribution in [0, 0.1) is 0 Å². The van der Waals surface area contributed by atoms with E-state index in [2.05, 4.69) is 23.6 Å². The first kappa shape index (κ1) is 13.8. The normalized spacial score (nSPS) is 34.9. The molecular formula is C13H25N3O2. The highest BCUT2D eigenvalue weighted by Gasteiger charge is 2.30. The van der Waals surface area contributed by atoms with Crippen molar-refractivity contribution in [1.82, 2.24) is 9.80 Å². The van der Waals surface area contributed by atoms with Crippen molar-refractivity contribution in [2.45, 2.75) is 44.9 Å². The molecule has 3 atom stereocenters. The smallest absolute Gasteiger partial charge is 0.231 e. The van der Waals surface area contributed by atoms with Gasteiger partial charge in [-0.05, 0) is 33.2 Å². The minimum atomic E-state index is -0.217. The van der Waals surface area contributed by atoms with Crippen molar-refractivity contribution < 1.29 is 9.53 Å². The summed E-state index contributed by atoms with van der Waals surface area (Å²) in [5.74, 6) is -0.217. The first-order valence-corrected chi connectivity index (χ1v) is 6.94. The summed E-state index contributed by atoms with van der Waals surface area (Å²) in [5, 5.41) is 0. The van der Waals surface area contributed by atoms with E-state index in [-0.39, 0.29) is 5.91 Å². The molecule has 5 heteroatoms. The topological polar surface area (TPSA) is 58.8 Å². The molecule has 0 aromatic carbocycles. The van der Waals surface area contributed by atoms with Gasteiger partial charge in [-0.3, -0.25) is 14.6 Å². The lowest BCUT2D eigenvalue weighted by molar-refractivity contribution is -0.119. The number of likely N-dealkylation sites (tertiary alicyclic amines) is 1. The van der Waals surface area contributed by atoms with E-state index in [9.17, 15) is 4.79 Å². The summed E-state index contributed by atoms with van der Waals surface area (Å²) < 4.78 is 5.74. The summed E-state index contributed by atoms with van der Waals surface area (Å²) in [6, 6.07) is 0.481. The molecule has 2 aliphatic rings. The van der Waals surface area contributed by atoms with Crippen LogP contribution in [0.25, 0.3) is 0 Å². The third-order valence-corrected chi connectivity index (χ3v) is 3.82. The lowest BCUT2D eigenvalue weighted by Gasteiger charge is -2.38. The number of ether oxygens (including phenoxy) is 1. The van der Waals surface area contributed by atoms with Gasteiger partial charge in [0, 0.05) is 25.7 Å². The zero-order valence-electron chi connectivity index (χ0n) is 11.5. The molecule has 0 aliphatic carbocycles. The number of rotatable bonds is 4. The second-order valence-corrected chi connectivity index (χ2v) is 5.71. The quantitative estimate of drug-likeness (QED) is 0.771. The van der Waals surface area contributed by atoms with Crippen molar-refractivity contribution in [2.75, 3.05) is 32.7 Å². The number of carbonyl (C=O) groups excluding carboxylic acids is 1. The first-order chi connectivity index (χ1) is 8.54. The van der Waals surface area contributed by atoms with Crippen LogP contribution in [0.3, 0.4) is 0 Å². The Morgan fingerprint density at radius 3 is 2.61 bits per heavy atom. The molecule has 104 valence electrons. The maximum absolute atomic E-state index is 11.0. The van der Waals surface area contributed by atoms with Crippen LogP contribution in [0.4, 0.5) is 0 Å². The second kappa shape index (κ2) is 5.99. The Labute approximate surface area is 109 Å². The van der Waals surface area contributed by atoms with Crippen LogP contribution in [0.5, 0.6) is 0 Å². The van der Waals surface area contributed by atoms with E-state index < -0.39 is 0 Å². The molecule has 0 aromatic rings. The van der Waals surface area contributed by atoms with Crippen LogP contribution in [0.2, 0.25) is 0 Å². The molecule has 0 unspecified atom stereocenters. The van der Waals surface area contributed by atoms with Crippen molar-refractivity contribution in [3.63, 3.8) is 0 Å². The lowest BCUT2D eigenvalue weighted by atomic mass is 10.1. The zero-order chi connectivity index (χ0) is 13.1. The molecule has 2 fully saturated rings. The molecule has 0 aromatic heterocycles. The molecular weight excluding hydrogens is 230 g/mol. The predicted octanol–water partition coefficient (Wildman–Crippen LogP) is 0.0453. The summed E-state index contributed by atoms with van der Waals surface area (Å²) in [6.07, 6.45) is 2.96. The van der Waals surface area contributed by atoms with Crippen molar-refractivity contribution in [2.24, 2.45) is 5.73 Å². The van der Waals surface area contributed by atoms with Crippen LogP contribution in [0.1, 0.15) is 26.7 Å². The first-order valence-electron chi connectivity index (χ1n) is 6.94. The van der Waals surface area contributed by atoms with E-state index in [0.29, 0.717) is 24.8 Å². The van der Waals surface area contributed by atoms with Gasteiger partial charge in [-0.2, -0.15) is 0 Å². The van der Waals surface area contributed by atoms with Gasteiger partial charge in [0.2, 0.25) is 5.91 Å². The number of morpholine rings is 1. The lowest BCUT2D eigenvalue weighted by Crippen LogP contribution is -2.50. The minimum absolute atomic E-state index is 0.217. The van der Waals surface area contributed by atoms with Gasteiger partial charge in [0.1, 0.15) is 0 Å². The molecule has 2 saturated heterocycles. The summed E-state index contributed by atoms with van der Waals surface area (Å²) in [6.45, 7) is 8.67. The standard InChI is InChI=1S/C13H25N3O2/c1-10-6-15(7-11(2)18-10)8-12-4-3-5-16(12)9-13(14)17/h10-12H,3-9H2,1-2H3,(H2,14,17)/t10-,11+,12-/m0/s1. The molecule has 18 heavy (non-hydrogen) atoms. The third-order valence-electron chi connectivity index (χ3n) is 3.82. The number of nitrogens with zero attached hydrogens (tertiary/aromatic N) is 2. The highest BCUT2D eigenvalue weighted by molar-refractivity contribution is 5.76. The van der Waals surface area contributed by atoms with Crippen molar-refractivity contribution in [3.05, 3.63) is 0 Å². The van der Waals surface area contributed by atoms with E-state index >= 15 is 0 Å². The molecule has 2 rings (SSSR count). The molecule has 2 N–H and O–H groups in total. The van der Waals surface area contributed by atoms with Gasteiger partial charge < -0.3 is 10.5 Å². The van der Waals surface area contributed by atoms with Crippen LogP contribution < -0.4 is 5.73 Å². The SMILES string of the molecule is C[C@@H]1CN(C[C@@H]2CCCN2CC(N)=O)C[C@H](C)O1. The van der Waals surface area contributed by atoms with Gasteiger partial charge in [-0.25, -0.2) is 0 Å². The molecule has 0 saturated carbocycles. The number of hydrogen-bond acceptors (Lipinski definition) is 4. The number of primary amides is 1. The van der Waals surface area contributed by atoms with E-state index in [0.717, 1.165) is 26.2 Å². The van der Waals surface area contributed by atoms with Crippen LogP contribution >= 0.6 is 0 Å². The Hall–Kier alpha value is -0.650. The van der Waals surface area contributed by atoms with Gasteiger partial charge in [0.05, 0.1) is 18.8 Å². The van der Waals surface area contributed by atoms with Gasteiger partial charge >= 0.3 is 0 Å². The van der Waals surface area contributed by atoms with Crippen molar-refractivity contribution in [1.29, 1.82) is 0 Å². The van der Waals surface area contributed by atoms with E-state index in [1.165, 1.54) is 12.8 Å². The molecule has 2 heterocycles. The van der Waals surface area contributed by atoms with Gasteiger partial charge in [-0.1, -0.05) is 0 Å². The fourth-order valence-electron chi connectivity index (χ4n) is 3.24. The molecule has 0 bridgehead atoms. The molecule has 1 amide bonds. The number of hydrogen-bond donors (Lipinski definition) is 1. The maximum atomic E-state index is 11.0. The fourth-order valence-corrected chi connectivity index (χ4v) is 3.24. The molecule has 0 spiro atoms. The summed E-state index contributed by atoms with van der Waals surface area (Å²) in [4.78, 5) is 15.7. The Bertz CT molecular complexity index is 288. The van der Waals surface area contributed by atoms with E-state index in [4.69, 9.17) is 10.5 Å². The van der Waals surface area contributed by atoms with Crippen molar-refractivity contribution >= 4 is 5.91 Å². The van der Waals surface area contributed by atoms with Crippen LogP contribution in [-0.4, -0.2) is 66.7 Å². The van der Waals surface area contributed by atoms with Crippen LogP contribution in [0.15, 0.2) is 0 Å². The Balaban J connectivity index is 1.85. The predicted molar refractivity (Wildman–Crippen MR) is 70.2 cm³/mol. The van der Waals surface area contributed by atoms with E-state index in [1.54, 1.807) is 0 Å². The second-order valence-electron chi connectivity index (χ2n) is 5.71. The summed E-state index contributed by atoms with van der Waals surface area (Å²) in [7, 11) is 0. The largest absolute Gasteiger partial charge is 0.373 e. The van der Waals surface area contributed by atoms with Crippen molar-refractivity contribution in [3.8, 4) is 0 Å². The fraction of sp³-hybridized carbons (Fsp3) is 0.923. The average molecular weight is 255 g/mol. The number of nitrogens with two attached hydrogens (primary N) is 1. The van der Waals surface area contributed by atoms with Crippen LogP contribution in [-0.2, 0) is 9.53 Å². The highest BCUT2D eigenvalue weighted by atomic mass is 16.5. The monoisotopic (exact) mass is 255 g/mol. The maximum Gasteiger partial charge on any atom is 0.231 e. The number of amides is 1. The Morgan fingerprint density at radius 2 is 2.00 bits per heavy atom. The summed E-state index contributed by atoms with van der Waals surface area (Å²) >= 11 is 0. The summed E-state index contributed by atoms with van der Waals surface area (Å²) in [5.41, 5.74) is 5.30. The zero-order valence-corrected chi connectivity index (χ0v) is 11.5. The van der Waals surface area contributed by atoms with Gasteiger partial charge in [-0.15, -0.1) is 0 Å². The Kier molecular flexibility index (Phi) is 4.59. The van der Waals surface area contributed by atoms with Gasteiger partial charge in [0.15, 0.2) is 0 Å². The Morgan fingerprint density at radius 1 is 1.33 bits per heavy atom. The molecule has 5 nitrogen and oxygen atoms in total. The minimum Gasteiger partial charge on any atom is -0.373 e. The number of carbonyl (C=O) groups is 1. The third kappa shape index (κ3) is 3.67. The average Bonchev–Trinajstić information content (AvgIpc) is 2.63. The van der Waals surface area contributed by atoms with E-state index in [1.807, 2.05) is 0 Å².